The monoisotopic (exact) mass is 400 g/mol. The number of hydrogen-bond donors (Lipinski definition) is 1. The van der Waals surface area contributed by atoms with Crippen LogP contribution >= 0.6 is 0 Å². The predicted molar refractivity (Wildman–Crippen MR) is 103 cm³/mol. The van der Waals surface area contributed by atoms with Crippen LogP contribution in [0.5, 0.6) is 17.2 Å². The summed E-state index contributed by atoms with van der Waals surface area (Å²) in [7, 11) is 0. The summed E-state index contributed by atoms with van der Waals surface area (Å²) in [6.45, 7) is -0.233. The van der Waals surface area contributed by atoms with Gasteiger partial charge in [0.15, 0.2) is 17.2 Å². The molecular weight excluding hydrogens is 382 g/mol. The molecule has 8 heteroatoms. The maximum absolute atomic E-state index is 12.8. The quantitative estimate of drug-likeness (QED) is 0.690. The highest BCUT2D eigenvalue weighted by atomic mass is 19.3. The Balaban J connectivity index is 1.59. The average molecular weight is 400 g/mol. The highest BCUT2D eigenvalue weighted by Crippen LogP contribution is 2.34. The normalized spacial score (nSPS) is 13.9. The fraction of sp³-hybridized carbons (Fsp3) is 0.238. The molecule has 1 unspecified atom stereocenters. The summed E-state index contributed by atoms with van der Waals surface area (Å²) in [5, 5.41) is 3.36. The number of rotatable bonds is 5. The third kappa shape index (κ3) is 3.91. The van der Waals surface area contributed by atoms with Crippen LogP contribution in [-0.4, -0.2) is 30.7 Å². The van der Waals surface area contributed by atoms with Crippen molar-refractivity contribution in [1.82, 2.24) is 4.98 Å². The van der Waals surface area contributed by atoms with Crippen molar-refractivity contribution in [3.8, 4) is 17.2 Å². The van der Waals surface area contributed by atoms with Gasteiger partial charge in [0.1, 0.15) is 18.7 Å². The highest BCUT2D eigenvalue weighted by Gasteiger charge is 2.21. The van der Waals surface area contributed by atoms with Gasteiger partial charge < -0.3 is 19.5 Å². The third-order valence-electron chi connectivity index (χ3n) is 4.67. The van der Waals surface area contributed by atoms with E-state index >= 15 is 0 Å². The largest absolute Gasteiger partial charge is 0.486 e. The van der Waals surface area contributed by atoms with Gasteiger partial charge >= 0.3 is 6.61 Å². The van der Waals surface area contributed by atoms with Gasteiger partial charge in [-0.05, 0) is 48.9 Å². The van der Waals surface area contributed by atoms with Crippen LogP contribution in [0.1, 0.15) is 18.4 Å². The SMILES string of the molecule is CC(C(=O)Nc1ccc(OC(F)F)c2ncccc12)c1ccc2c(c1)OCCO2. The van der Waals surface area contributed by atoms with E-state index in [1.807, 2.05) is 6.07 Å². The smallest absolute Gasteiger partial charge is 0.387 e. The number of fused-ring (bicyclic) bond motifs is 2. The summed E-state index contributed by atoms with van der Waals surface area (Å²) in [6.07, 6.45) is 1.48. The van der Waals surface area contributed by atoms with Crippen LogP contribution in [0, 0.1) is 0 Å². The van der Waals surface area contributed by atoms with E-state index in [1.165, 1.54) is 18.3 Å². The molecule has 4 rings (SSSR count). The first kappa shape index (κ1) is 18.9. The second-order valence-corrected chi connectivity index (χ2v) is 6.50. The van der Waals surface area contributed by atoms with Gasteiger partial charge in [0.25, 0.3) is 0 Å². The number of nitrogens with one attached hydrogen (secondary N) is 1. The van der Waals surface area contributed by atoms with Gasteiger partial charge in [-0.25, -0.2) is 0 Å². The molecule has 6 nitrogen and oxygen atoms in total. The minimum atomic E-state index is -2.96. The molecule has 1 aliphatic rings. The van der Waals surface area contributed by atoms with Crippen LogP contribution in [0.15, 0.2) is 48.7 Å². The molecule has 2 heterocycles. The van der Waals surface area contributed by atoms with Gasteiger partial charge in [-0.3, -0.25) is 9.78 Å². The number of nitrogens with zero attached hydrogens (tertiary/aromatic N) is 1. The summed E-state index contributed by atoms with van der Waals surface area (Å²) >= 11 is 0. The van der Waals surface area contributed by atoms with Crippen LogP contribution in [0.2, 0.25) is 0 Å². The Morgan fingerprint density at radius 2 is 1.93 bits per heavy atom. The van der Waals surface area contributed by atoms with Gasteiger partial charge in [-0.2, -0.15) is 8.78 Å². The fourth-order valence-electron chi connectivity index (χ4n) is 3.17. The minimum absolute atomic E-state index is 0.0477. The number of amides is 1. The van der Waals surface area contributed by atoms with Gasteiger partial charge in [0.05, 0.1) is 11.6 Å². The Kier molecular flexibility index (Phi) is 5.16. The van der Waals surface area contributed by atoms with Gasteiger partial charge in [0, 0.05) is 11.6 Å². The van der Waals surface area contributed by atoms with Gasteiger partial charge in [-0.15, -0.1) is 0 Å². The van der Waals surface area contributed by atoms with Crippen LogP contribution in [0.25, 0.3) is 10.9 Å². The number of anilines is 1. The van der Waals surface area contributed by atoms with E-state index in [0.717, 1.165) is 5.56 Å². The second kappa shape index (κ2) is 7.90. The summed E-state index contributed by atoms with van der Waals surface area (Å²) in [5.74, 6) is 0.480. The molecule has 2 aromatic carbocycles. The third-order valence-corrected chi connectivity index (χ3v) is 4.67. The lowest BCUT2D eigenvalue weighted by Gasteiger charge is -2.20. The zero-order valence-electron chi connectivity index (χ0n) is 15.5. The van der Waals surface area contributed by atoms with E-state index < -0.39 is 12.5 Å². The van der Waals surface area contributed by atoms with Crippen LogP contribution in [0.3, 0.4) is 0 Å². The Morgan fingerprint density at radius 3 is 2.72 bits per heavy atom. The molecule has 1 aliphatic heterocycles. The topological polar surface area (TPSA) is 69.7 Å². The molecule has 29 heavy (non-hydrogen) atoms. The van der Waals surface area contributed by atoms with Crippen LogP contribution < -0.4 is 19.5 Å². The first-order chi connectivity index (χ1) is 14.0. The molecule has 0 saturated heterocycles. The molecule has 3 aromatic rings. The van der Waals surface area contributed by atoms with Crippen molar-refractivity contribution in [1.29, 1.82) is 0 Å². The number of halogens is 2. The average Bonchev–Trinajstić information content (AvgIpc) is 2.74. The zero-order valence-corrected chi connectivity index (χ0v) is 15.5. The number of carbonyl (C=O) groups excluding carboxylic acids is 1. The molecule has 1 amide bonds. The molecule has 0 saturated carbocycles. The molecule has 1 atom stereocenters. The maximum atomic E-state index is 12.8. The lowest BCUT2D eigenvalue weighted by molar-refractivity contribution is -0.117. The number of alkyl halides is 2. The van der Waals surface area contributed by atoms with E-state index in [-0.39, 0.29) is 17.2 Å². The number of pyridine rings is 1. The minimum Gasteiger partial charge on any atom is -0.486 e. The van der Waals surface area contributed by atoms with Crippen LogP contribution in [0.4, 0.5) is 14.5 Å². The first-order valence-corrected chi connectivity index (χ1v) is 9.06. The fourth-order valence-corrected chi connectivity index (χ4v) is 3.17. The molecule has 0 fully saturated rings. The molecule has 1 N–H and O–H groups in total. The van der Waals surface area contributed by atoms with Crippen molar-refractivity contribution in [2.45, 2.75) is 19.5 Å². The van der Waals surface area contributed by atoms with Crippen molar-refractivity contribution in [3.05, 3.63) is 54.2 Å². The zero-order chi connectivity index (χ0) is 20.4. The summed E-state index contributed by atoms with van der Waals surface area (Å²) in [4.78, 5) is 16.9. The molecule has 150 valence electrons. The number of ether oxygens (including phenoxy) is 3. The number of hydrogen-bond acceptors (Lipinski definition) is 5. The molecule has 1 aromatic heterocycles. The van der Waals surface area contributed by atoms with Crippen molar-refractivity contribution in [2.24, 2.45) is 0 Å². The summed E-state index contributed by atoms with van der Waals surface area (Å²) in [5.41, 5.74) is 1.48. The number of aromatic nitrogens is 1. The highest BCUT2D eigenvalue weighted by molar-refractivity contribution is 6.04. The predicted octanol–water partition coefficient (Wildman–Crippen LogP) is 4.35. The first-order valence-electron chi connectivity index (χ1n) is 9.06. The van der Waals surface area contributed by atoms with Crippen molar-refractivity contribution in [2.75, 3.05) is 18.5 Å². The molecule has 0 spiro atoms. The maximum Gasteiger partial charge on any atom is 0.387 e. The van der Waals surface area contributed by atoms with Gasteiger partial charge in [0.2, 0.25) is 5.91 Å². The summed E-state index contributed by atoms with van der Waals surface area (Å²) in [6, 6.07) is 11.6. The molecular formula is C21H18F2N2O4. The van der Waals surface area contributed by atoms with E-state index in [0.29, 0.717) is 35.8 Å². The summed E-state index contributed by atoms with van der Waals surface area (Å²) < 4.78 is 40.9. The second-order valence-electron chi connectivity index (χ2n) is 6.50. The van der Waals surface area contributed by atoms with Crippen molar-refractivity contribution >= 4 is 22.5 Å². The Labute approximate surface area is 165 Å². The van der Waals surface area contributed by atoms with E-state index in [2.05, 4.69) is 15.0 Å². The van der Waals surface area contributed by atoms with E-state index in [1.54, 1.807) is 31.2 Å². The van der Waals surface area contributed by atoms with Crippen molar-refractivity contribution in [3.63, 3.8) is 0 Å². The van der Waals surface area contributed by atoms with E-state index in [9.17, 15) is 13.6 Å². The molecule has 0 radical (unpaired) electrons. The van der Waals surface area contributed by atoms with Crippen molar-refractivity contribution < 1.29 is 27.8 Å². The molecule has 0 bridgehead atoms. The van der Waals surface area contributed by atoms with Gasteiger partial charge in [-0.1, -0.05) is 6.07 Å². The van der Waals surface area contributed by atoms with E-state index in [4.69, 9.17) is 9.47 Å². The molecule has 0 aliphatic carbocycles. The number of carbonyl (C=O) groups is 1. The lowest BCUT2D eigenvalue weighted by atomic mass is 9.99. The standard InChI is InChI=1S/C21H18F2N2O4/c1-12(13-4-6-16-18(11-13)28-10-9-27-16)20(26)25-15-5-7-17(29-21(22)23)19-14(15)3-2-8-24-19/h2-8,11-12,21H,9-10H2,1H3,(H,25,26). The Bertz CT molecular complexity index is 1060. The number of benzene rings is 2. The Morgan fingerprint density at radius 1 is 1.14 bits per heavy atom. The Hall–Kier alpha value is -3.42. The van der Waals surface area contributed by atoms with Crippen LogP contribution in [-0.2, 0) is 4.79 Å². The lowest BCUT2D eigenvalue weighted by Crippen LogP contribution is -2.20.